The van der Waals surface area contributed by atoms with E-state index in [1.54, 1.807) is 12.1 Å². The van der Waals surface area contributed by atoms with Gasteiger partial charge in [-0.2, -0.15) is 0 Å². The Bertz CT molecular complexity index is 1230. The zero-order valence-electron chi connectivity index (χ0n) is 19.8. The van der Waals surface area contributed by atoms with Gasteiger partial charge < -0.3 is 16.2 Å². The maximum absolute atomic E-state index is 13.2. The number of aromatic nitrogens is 1. The van der Waals surface area contributed by atoms with E-state index < -0.39 is 23.6 Å². The predicted molar refractivity (Wildman–Crippen MR) is 133 cm³/mol. The number of nitrogens with zero attached hydrogens (tertiary/aromatic N) is 1. The van der Waals surface area contributed by atoms with E-state index >= 15 is 0 Å². The number of carboxylic acids is 1. The molecule has 1 aromatic heterocycles. The molecule has 0 saturated heterocycles. The van der Waals surface area contributed by atoms with Crippen LogP contribution in [-0.2, 0) is 11.2 Å². The summed E-state index contributed by atoms with van der Waals surface area (Å²) in [5.74, 6) is -1.40. The van der Waals surface area contributed by atoms with Crippen LogP contribution in [0.3, 0.4) is 0 Å². The molecular formula is C27H30FN3O4. The second-order valence-corrected chi connectivity index (χ2v) is 8.89. The summed E-state index contributed by atoms with van der Waals surface area (Å²) in [6.07, 6.45) is 2.06. The Balaban J connectivity index is 1.70. The zero-order chi connectivity index (χ0) is 25.5. The van der Waals surface area contributed by atoms with E-state index in [1.165, 1.54) is 41.0 Å². The molecule has 184 valence electrons. The van der Waals surface area contributed by atoms with Crippen molar-refractivity contribution in [1.82, 2.24) is 9.88 Å². The van der Waals surface area contributed by atoms with E-state index in [1.807, 2.05) is 26.0 Å². The second kappa shape index (κ2) is 11.6. The van der Waals surface area contributed by atoms with Gasteiger partial charge in [-0.15, -0.1) is 0 Å². The monoisotopic (exact) mass is 479 g/mol. The Morgan fingerprint density at radius 3 is 2.29 bits per heavy atom. The quantitative estimate of drug-likeness (QED) is 0.285. The Kier molecular flexibility index (Phi) is 8.54. The number of carbonyl (C=O) groups excluding carboxylic acids is 1. The van der Waals surface area contributed by atoms with E-state index in [2.05, 4.69) is 5.32 Å². The van der Waals surface area contributed by atoms with Crippen molar-refractivity contribution in [2.75, 3.05) is 12.3 Å². The standard InChI is InChI=1S/C27H30FN3O4/c1-17(2)16-23(27(34)35)30-15-3-4-18-5-11-21(12-6-18)31-24(32)14-13-22(26(31)29)25(33)19-7-9-20(28)10-8-19/h5-14,17,23,30H,3-4,15-16,29H2,1-2H3,(H,34,35)/t23-/m1/s1. The molecule has 2 aromatic carbocycles. The molecule has 35 heavy (non-hydrogen) atoms. The second-order valence-electron chi connectivity index (χ2n) is 8.89. The van der Waals surface area contributed by atoms with E-state index in [0.717, 1.165) is 18.4 Å². The minimum absolute atomic E-state index is 0.00800. The molecule has 0 bridgehead atoms. The van der Waals surface area contributed by atoms with Gasteiger partial charge >= 0.3 is 5.97 Å². The molecule has 0 amide bonds. The van der Waals surface area contributed by atoms with Crippen molar-refractivity contribution >= 4 is 17.6 Å². The van der Waals surface area contributed by atoms with Crippen LogP contribution in [0.1, 0.15) is 48.2 Å². The lowest BCUT2D eigenvalue weighted by Gasteiger charge is -2.16. The van der Waals surface area contributed by atoms with Gasteiger partial charge in [-0.1, -0.05) is 26.0 Å². The van der Waals surface area contributed by atoms with Gasteiger partial charge in [0.2, 0.25) is 0 Å². The molecule has 0 saturated carbocycles. The molecule has 3 aromatic rings. The number of nitrogen functional groups attached to an aromatic ring is 1. The Morgan fingerprint density at radius 1 is 1.03 bits per heavy atom. The smallest absolute Gasteiger partial charge is 0.320 e. The highest BCUT2D eigenvalue weighted by Gasteiger charge is 2.18. The summed E-state index contributed by atoms with van der Waals surface area (Å²) in [5.41, 5.74) is 7.81. The maximum atomic E-state index is 13.2. The average Bonchev–Trinajstić information content (AvgIpc) is 2.82. The van der Waals surface area contributed by atoms with Gasteiger partial charge in [-0.05, 0) is 79.8 Å². The number of anilines is 1. The van der Waals surface area contributed by atoms with Crippen LogP contribution in [-0.4, -0.2) is 34.0 Å². The number of hydrogen-bond donors (Lipinski definition) is 3. The number of carboxylic acid groups (broad SMARTS) is 1. The first-order valence-corrected chi connectivity index (χ1v) is 11.5. The topological polar surface area (TPSA) is 114 Å². The largest absolute Gasteiger partial charge is 0.480 e. The molecule has 0 fully saturated rings. The minimum atomic E-state index is -0.841. The first-order chi connectivity index (χ1) is 16.7. The summed E-state index contributed by atoms with van der Waals surface area (Å²) < 4.78 is 14.5. The van der Waals surface area contributed by atoms with Crippen molar-refractivity contribution < 1.29 is 19.1 Å². The van der Waals surface area contributed by atoms with Gasteiger partial charge in [0.15, 0.2) is 5.78 Å². The predicted octanol–water partition coefficient (Wildman–Crippen LogP) is 3.81. The fourth-order valence-electron chi connectivity index (χ4n) is 3.89. The fourth-order valence-corrected chi connectivity index (χ4v) is 3.89. The van der Waals surface area contributed by atoms with Gasteiger partial charge in [-0.25, -0.2) is 4.39 Å². The SMILES string of the molecule is CC(C)C[C@@H](NCCCc1ccc(-n2c(N)c(C(=O)c3ccc(F)cc3)ccc2=O)cc1)C(=O)O. The molecule has 0 spiro atoms. The van der Waals surface area contributed by atoms with Crippen LogP contribution in [0.5, 0.6) is 0 Å². The summed E-state index contributed by atoms with van der Waals surface area (Å²) >= 11 is 0. The summed E-state index contributed by atoms with van der Waals surface area (Å²) in [5, 5.41) is 12.4. The highest BCUT2D eigenvalue weighted by molar-refractivity contribution is 6.11. The molecule has 0 aliphatic carbocycles. The molecule has 0 aliphatic heterocycles. The molecule has 7 nitrogen and oxygen atoms in total. The summed E-state index contributed by atoms with van der Waals surface area (Å²) in [6, 6.07) is 14.5. The number of nitrogens with two attached hydrogens (primary N) is 1. The normalized spacial score (nSPS) is 12.0. The van der Waals surface area contributed by atoms with Crippen molar-refractivity contribution in [2.45, 2.75) is 39.2 Å². The number of nitrogens with one attached hydrogen (secondary N) is 1. The molecule has 0 unspecified atom stereocenters. The number of rotatable bonds is 11. The lowest BCUT2D eigenvalue weighted by Crippen LogP contribution is -2.38. The van der Waals surface area contributed by atoms with Crippen LogP contribution in [0.25, 0.3) is 5.69 Å². The van der Waals surface area contributed by atoms with Crippen LogP contribution in [0, 0.1) is 11.7 Å². The first kappa shape index (κ1) is 25.8. The third kappa shape index (κ3) is 6.64. The molecule has 1 heterocycles. The van der Waals surface area contributed by atoms with Crippen LogP contribution in [0.15, 0.2) is 65.5 Å². The van der Waals surface area contributed by atoms with Crippen LogP contribution < -0.4 is 16.6 Å². The third-order valence-electron chi connectivity index (χ3n) is 5.71. The number of ketones is 1. The molecule has 0 radical (unpaired) electrons. The Labute approximate surface area is 203 Å². The zero-order valence-corrected chi connectivity index (χ0v) is 19.8. The number of pyridine rings is 1. The molecular weight excluding hydrogens is 449 g/mol. The lowest BCUT2D eigenvalue weighted by atomic mass is 10.0. The number of carbonyl (C=O) groups is 2. The van der Waals surface area contributed by atoms with Crippen LogP contribution in [0.4, 0.5) is 10.2 Å². The van der Waals surface area contributed by atoms with Crippen molar-refractivity contribution in [3.63, 3.8) is 0 Å². The minimum Gasteiger partial charge on any atom is -0.480 e. The van der Waals surface area contributed by atoms with Crippen LogP contribution in [0.2, 0.25) is 0 Å². The van der Waals surface area contributed by atoms with E-state index in [0.29, 0.717) is 18.7 Å². The molecule has 1 atom stereocenters. The average molecular weight is 480 g/mol. The van der Waals surface area contributed by atoms with E-state index in [-0.39, 0.29) is 28.4 Å². The van der Waals surface area contributed by atoms with E-state index in [4.69, 9.17) is 5.73 Å². The van der Waals surface area contributed by atoms with Gasteiger partial charge in [0.1, 0.15) is 17.7 Å². The number of halogens is 1. The van der Waals surface area contributed by atoms with Crippen LogP contribution >= 0.6 is 0 Å². The fraction of sp³-hybridized carbons (Fsp3) is 0.296. The summed E-state index contributed by atoms with van der Waals surface area (Å²) in [6.45, 7) is 4.56. The molecule has 8 heteroatoms. The van der Waals surface area contributed by atoms with Gasteiger partial charge in [0.05, 0.1) is 11.3 Å². The van der Waals surface area contributed by atoms with Crippen molar-refractivity contribution in [1.29, 1.82) is 0 Å². The highest BCUT2D eigenvalue weighted by Crippen LogP contribution is 2.20. The van der Waals surface area contributed by atoms with Gasteiger partial charge in [0, 0.05) is 11.6 Å². The lowest BCUT2D eigenvalue weighted by molar-refractivity contribution is -0.139. The molecule has 4 N–H and O–H groups in total. The van der Waals surface area contributed by atoms with Crippen molar-refractivity contribution in [3.8, 4) is 5.69 Å². The third-order valence-corrected chi connectivity index (χ3v) is 5.71. The van der Waals surface area contributed by atoms with Crippen molar-refractivity contribution in [2.24, 2.45) is 5.92 Å². The first-order valence-electron chi connectivity index (χ1n) is 11.5. The number of aryl methyl sites for hydroxylation is 1. The molecule has 3 rings (SSSR count). The highest BCUT2D eigenvalue weighted by atomic mass is 19.1. The molecule has 0 aliphatic rings. The van der Waals surface area contributed by atoms with Gasteiger partial charge in [-0.3, -0.25) is 19.0 Å². The Hall–Kier alpha value is -3.78. The van der Waals surface area contributed by atoms with Gasteiger partial charge in [0.25, 0.3) is 5.56 Å². The number of aliphatic carboxylic acids is 1. The number of hydrogen-bond acceptors (Lipinski definition) is 5. The van der Waals surface area contributed by atoms with Crippen molar-refractivity contribution in [3.05, 3.63) is 93.5 Å². The summed E-state index contributed by atoms with van der Waals surface area (Å²) in [7, 11) is 0. The summed E-state index contributed by atoms with van der Waals surface area (Å²) in [4.78, 5) is 36.8. The number of benzene rings is 2. The maximum Gasteiger partial charge on any atom is 0.320 e. The Morgan fingerprint density at radius 2 is 1.69 bits per heavy atom. The van der Waals surface area contributed by atoms with E-state index in [9.17, 15) is 23.9 Å².